The Morgan fingerprint density at radius 1 is 1.29 bits per heavy atom. The van der Waals surface area contributed by atoms with E-state index in [-0.39, 0.29) is 17.7 Å². The third-order valence-corrected chi connectivity index (χ3v) is 3.65. The Balaban J connectivity index is 2.00. The molecule has 2 fully saturated rings. The van der Waals surface area contributed by atoms with E-state index in [1.165, 1.54) is 25.7 Å². The van der Waals surface area contributed by atoms with Crippen LogP contribution in [0, 0.1) is 5.92 Å². The van der Waals surface area contributed by atoms with Crippen LogP contribution in [0.1, 0.15) is 39.0 Å². The van der Waals surface area contributed by atoms with Gasteiger partial charge in [-0.1, -0.05) is 12.8 Å². The molecule has 1 aliphatic carbocycles. The van der Waals surface area contributed by atoms with Crippen LogP contribution in [-0.2, 0) is 9.59 Å². The Morgan fingerprint density at radius 3 is 2.43 bits per heavy atom. The number of Topliss-reactive ketones (excluding diaryl/α,β-unsaturated/α-hetero) is 1. The van der Waals surface area contributed by atoms with Crippen LogP contribution in [0.5, 0.6) is 0 Å². The zero-order chi connectivity index (χ0) is 10.1. The summed E-state index contributed by atoms with van der Waals surface area (Å²) >= 11 is 0. The standard InChI is InChI=1S/C11H17NO2/c1-8(9-4-2-3-5-9)12-7-6-10(13)11(12)14/h8-9H,2-7H2,1H3. The third kappa shape index (κ3) is 1.56. The average molecular weight is 195 g/mol. The lowest BCUT2D eigenvalue weighted by molar-refractivity contribution is -0.141. The molecule has 0 radical (unpaired) electrons. The van der Waals surface area contributed by atoms with E-state index >= 15 is 0 Å². The molecule has 1 saturated carbocycles. The minimum Gasteiger partial charge on any atom is -0.333 e. The van der Waals surface area contributed by atoms with Gasteiger partial charge in [0, 0.05) is 19.0 Å². The quantitative estimate of drug-likeness (QED) is 0.624. The highest BCUT2D eigenvalue weighted by Crippen LogP contribution is 2.31. The smallest absolute Gasteiger partial charge is 0.290 e. The van der Waals surface area contributed by atoms with E-state index < -0.39 is 0 Å². The molecule has 1 amide bonds. The fourth-order valence-corrected chi connectivity index (χ4v) is 2.67. The van der Waals surface area contributed by atoms with Crippen LogP contribution in [0.3, 0.4) is 0 Å². The summed E-state index contributed by atoms with van der Waals surface area (Å²) in [4.78, 5) is 24.4. The molecular weight excluding hydrogens is 178 g/mol. The van der Waals surface area contributed by atoms with Crippen molar-refractivity contribution in [3.8, 4) is 0 Å². The lowest BCUT2D eigenvalue weighted by Crippen LogP contribution is -2.39. The van der Waals surface area contributed by atoms with E-state index in [4.69, 9.17) is 0 Å². The number of rotatable bonds is 2. The van der Waals surface area contributed by atoms with Crippen molar-refractivity contribution in [1.82, 2.24) is 4.90 Å². The highest BCUT2D eigenvalue weighted by Gasteiger charge is 2.36. The highest BCUT2D eigenvalue weighted by molar-refractivity contribution is 6.37. The molecule has 3 nitrogen and oxygen atoms in total. The fraction of sp³-hybridized carbons (Fsp3) is 0.818. The lowest BCUT2D eigenvalue weighted by Gasteiger charge is -2.28. The Morgan fingerprint density at radius 2 is 1.93 bits per heavy atom. The first-order valence-electron chi connectivity index (χ1n) is 5.54. The molecule has 0 aromatic carbocycles. The summed E-state index contributed by atoms with van der Waals surface area (Å²) in [7, 11) is 0. The van der Waals surface area contributed by atoms with Crippen molar-refractivity contribution in [3.05, 3.63) is 0 Å². The van der Waals surface area contributed by atoms with Gasteiger partial charge >= 0.3 is 0 Å². The Labute approximate surface area is 84.5 Å². The Bertz CT molecular complexity index is 256. The van der Waals surface area contributed by atoms with E-state index in [2.05, 4.69) is 6.92 Å². The minimum absolute atomic E-state index is 0.199. The van der Waals surface area contributed by atoms with E-state index in [1.807, 2.05) is 0 Å². The maximum atomic E-state index is 11.5. The maximum absolute atomic E-state index is 11.5. The van der Waals surface area contributed by atoms with Gasteiger partial charge in [-0.05, 0) is 25.7 Å². The van der Waals surface area contributed by atoms with E-state index in [1.54, 1.807) is 4.90 Å². The SMILES string of the molecule is CC(C1CCCC1)N1CCC(=O)C1=O. The predicted octanol–water partition coefficient (Wildman–Crippen LogP) is 1.37. The molecular formula is C11H17NO2. The van der Waals surface area contributed by atoms with Crippen LogP contribution in [0.2, 0.25) is 0 Å². The zero-order valence-electron chi connectivity index (χ0n) is 8.66. The maximum Gasteiger partial charge on any atom is 0.290 e. The third-order valence-electron chi connectivity index (χ3n) is 3.65. The topological polar surface area (TPSA) is 37.4 Å². The van der Waals surface area contributed by atoms with Gasteiger partial charge < -0.3 is 4.90 Å². The number of hydrogen-bond acceptors (Lipinski definition) is 2. The monoisotopic (exact) mass is 195 g/mol. The van der Waals surface area contributed by atoms with Crippen LogP contribution in [0.4, 0.5) is 0 Å². The highest BCUT2D eigenvalue weighted by atomic mass is 16.2. The number of ketones is 1. The zero-order valence-corrected chi connectivity index (χ0v) is 8.66. The summed E-state index contributed by atoms with van der Waals surface area (Å²) in [6, 6.07) is 0.274. The summed E-state index contributed by atoms with van der Waals surface area (Å²) in [5, 5.41) is 0. The van der Waals surface area contributed by atoms with Crippen molar-refractivity contribution in [2.24, 2.45) is 5.92 Å². The number of carbonyl (C=O) groups excluding carboxylic acids is 2. The summed E-state index contributed by atoms with van der Waals surface area (Å²) in [5.74, 6) is 0.184. The second-order valence-electron chi connectivity index (χ2n) is 4.46. The van der Waals surface area contributed by atoms with E-state index in [0.717, 1.165) is 0 Å². The molecule has 2 rings (SSSR count). The first-order chi connectivity index (χ1) is 6.70. The first kappa shape index (κ1) is 9.69. The minimum atomic E-state index is -0.246. The van der Waals surface area contributed by atoms with Gasteiger partial charge in [-0.2, -0.15) is 0 Å². The number of hydrogen-bond donors (Lipinski definition) is 0. The Kier molecular flexibility index (Phi) is 2.57. The van der Waals surface area contributed by atoms with Crippen LogP contribution in [0.25, 0.3) is 0 Å². The van der Waals surface area contributed by atoms with Crippen LogP contribution >= 0.6 is 0 Å². The molecule has 0 aromatic rings. The van der Waals surface area contributed by atoms with E-state index in [0.29, 0.717) is 18.9 Å². The van der Waals surface area contributed by atoms with Gasteiger partial charge in [0.1, 0.15) is 0 Å². The van der Waals surface area contributed by atoms with Crippen molar-refractivity contribution in [2.45, 2.75) is 45.1 Å². The molecule has 1 aliphatic heterocycles. The Hall–Kier alpha value is -0.860. The molecule has 1 saturated heterocycles. The van der Waals surface area contributed by atoms with Gasteiger partial charge in [0.05, 0.1) is 0 Å². The van der Waals surface area contributed by atoms with Crippen molar-refractivity contribution < 1.29 is 9.59 Å². The second-order valence-corrected chi connectivity index (χ2v) is 4.46. The summed E-state index contributed by atoms with van der Waals surface area (Å²) in [5.41, 5.74) is 0. The molecule has 2 aliphatic rings. The van der Waals surface area contributed by atoms with Crippen molar-refractivity contribution >= 4 is 11.7 Å². The summed E-state index contributed by atoms with van der Waals surface area (Å²) in [6.07, 6.45) is 5.43. The number of nitrogens with zero attached hydrogens (tertiary/aromatic N) is 1. The normalized spacial score (nSPS) is 26.2. The molecule has 14 heavy (non-hydrogen) atoms. The summed E-state index contributed by atoms with van der Waals surface area (Å²) < 4.78 is 0. The molecule has 0 spiro atoms. The first-order valence-corrected chi connectivity index (χ1v) is 5.54. The fourth-order valence-electron chi connectivity index (χ4n) is 2.67. The molecule has 0 aromatic heterocycles. The van der Waals surface area contributed by atoms with Crippen molar-refractivity contribution in [2.75, 3.05) is 6.54 Å². The molecule has 1 unspecified atom stereocenters. The largest absolute Gasteiger partial charge is 0.333 e. The van der Waals surface area contributed by atoms with Crippen molar-refractivity contribution in [3.63, 3.8) is 0 Å². The van der Waals surface area contributed by atoms with Crippen LogP contribution < -0.4 is 0 Å². The number of amides is 1. The molecule has 1 heterocycles. The molecule has 0 bridgehead atoms. The van der Waals surface area contributed by atoms with Crippen molar-refractivity contribution in [1.29, 1.82) is 0 Å². The van der Waals surface area contributed by atoms with Gasteiger partial charge in [-0.25, -0.2) is 0 Å². The van der Waals surface area contributed by atoms with Gasteiger partial charge in [-0.15, -0.1) is 0 Å². The molecule has 1 atom stereocenters. The van der Waals surface area contributed by atoms with Gasteiger partial charge in [-0.3, -0.25) is 9.59 Å². The second kappa shape index (κ2) is 3.71. The number of carbonyl (C=O) groups is 2. The number of likely N-dealkylation sites (tertiary alicyclic amines) is 1. The molecule has 78 valence electrons. The van der Waals surface area contributed by atoms with Gasteiger partial charge in [0.2, 0.25) is 5.78 Å². The van der Waals surface area contributed by atoms with Gasteiger partial charge in [0.25, 0.3) is 5.91 Å². The van der Waals surface area contributed by atoms with Crippen LogP contribution in [0.15, 0.2) is 0 Å². The lowest BCUT2D eigenvalue weighted by atomic mass is 9.98. The van der Waals surface area contributed by atoms with E-state index in [9.17, 15) is 9.59 Å². The molecule has 0 N–H and O–H groups in total. The van der Waals surface area contributed by atoms with Crippen LogP contribution in [-0.4, -0.2) is 29.2 Å². The summed E-state index contributed by atoms with van der Waals surface area (Å²) in [6.45, 7) is 2.74. The van der Waals surface area contributed by atoms with Gasteiger partial charge in [0.15, 0.2) is 0 Å². The molecule has 3 heteroatoms. The average Bonchev–Trinajstić information content (AvgIpc) is 2.77. The predicted molar refractivity (Wildman–Crippen MR) is 52.8 cm³/mol.